The molecule has 0 aliphatic rings. The van der Waals surface area contributed by atoms with Gasteiger partial charge in [0.15, 0.2) is 0 Å². The molecule has 3 aromatic rings. The molecule has 1 aromatic carbocycles. The predicted octanol–water partition coefficient (Wildman–Crippen LogP) is 4.61. The minimum Gasteiger partial charge on any atom is -0.370 e. The number of rotatable bonds is 8. The number of anilines is 2. The molecule has 0 atom stereocenters. The third-order valence-electron chi connectivity index (χ3n) is 4.00. The molecule has 5 nitrogen and oxygen atoms in total. The van der Waals surface area contributed by atoms with Gasteiger partial charge in [0, 0.05) is 37.1 Å². The largest absolute Gasteiger partial charge is 0.370 e. The van der Waals surface area contributed by atoms with Crippen LogP contribution in [0.25, 0.3) is 11.3 Å². The Morgan fingerprint density at radius 3 is 2.54 bits per heavy atom. The van der Waals surface area contributed by atoms with Crippen LogP contribution in [0.15, 0.2) is 60.9 Å². The van der Waals surface area contributed by atoms with Crippen LogP contribution in [0.5, 0.6) is 0 Å². The smallest absolute Gasteiger partial charge is 0.225 e. The van der Waals surface area contributed by atoms with Gasteiger partial charge < -0.3 is 10.6 Å². The molecule has 0 aliphatic heterocycles. The first kappa shape index (κ1) is 17.9. The van der Waals surface area contributed by atoms with Gasteiger partial charge >= 0.3 is 0 Å². The van der Waals surface area contributed by atoms with Crippen LogP contribution < -0.4 is 10.6 Å². The third-order valence-corrected chi connectivity index (χ3v) is 4.00. The molecule has 0 fully saturated rings. The summed E-state index contributed by atoms with van der Waals surface area (Å²) in [6, 6.07) is 16.1. The highest BCUT2D eigenvalue weighted by Gasteiger charge is 2.07. The van der Waals surface area contributed by atoms with Crippen LogP contribution in [0.4, 0.5) is 11.8 Å². The topological polar surface area (TPSA) is 62.7 Å². The molecule has 0 saturated heterocycles. The molecule has 0 amide bonds. The minimum atomic E-state index is 0.613. The standard InChI is InChI=1S/C21H25N5/c1-16(2)10-12-23-20-13-19(18-8-4-3-5-9-18)25-21(26-20)24-15-17-7-6-11-22-14-17/h3-9,11,13-14,16H,10,12,15H2,1-2H3,(H2,23,24,25,26). The lowest BCUT2D eigenvalue weighted by Gasteiger charge is -2.12. The van der Waals surface area contributed by atoms with Gasteiger partial charge in [0.25, 0.3) is 0 Å². The number of nitrogens with zero attached hydrogens (tertiary/aromatic N) is 3. The average Bonchev–Trinajstić information content (AvgIpc) is 2.67. The number of nitrogens with one attached hydrogen (secondary N) is 2. The first-order valence-corrected chi connectivity index (χ1v) is 9.02. The molecule has 0 spiro atoms. The van der Waals surface area contributed by atoms with Crippen molar-refractivity contribution in [2.24, 2.45) is 5.92 Å². The van der Waals surface area contributed by atoms with E-state index in [0.29, 0.717) is 18.4 Å². The Bertz CT molecular complexity index is 803. The highest BCUT2D eigenvalue weighted by molar-refractivity contribution is 5.64. The highest BCUT2D eigenvalue weighted by Crippen LogP contribution is 2.21. The fraction of sp³-hybridized carbons (Fsp3) is 0.286. The summed E-state index contributed by atoms with van der Waals surface area (Å²) in [7, 11) is 0. The Labute approximate surface area is 154 Å². The van der Waals surface area contributed by atoms with Gasteiger partial charge in [-0.2, -0.15) is 4.98 Å². The van der Waals surface area contributed by atoms with Crippen LogP contribution in [-0.4, -0.2) is 21.5 Å². The summed E-state index contributed by atoms with van der Waals surface area (Å²) in [5.41, 5.74) is 3.07. The fourth-order valence-electron chi connectivity index (χ4n) is 2.55. The summed E-state index contributed by atoms with van der Waals surface area (Å²) in [5.74, 6) is 2.11. The summed E-state index contributed by atoms with van der Waals surface area (Å²) >= 11 is 0. The molecule has 0 radical (unpaired) electrons. The molecule has 3 rings (SSSR count). The number of pyridine rings is 1. The zero-order valence-electron chi connectivity index (χ0n) is 15.3. The molecule has 0 bridgehead atoms. The van der Waals surface area contributed by atoms with Gasteiger partial charge in [-0.1, -0.05) is 50.2 Å². The highest BCUT2D eigenvalue weighted by atomic mass is 15.1. The Morgan fingerprint density at radius 2 is 1.81 bits per heavy atom. The summed E-state index contributed by atoms with van der Waals surface area (Å²) in [6.45, 7) is 5.97. The van der Waals surface area contributed by atoms with E-state index in [2.05, 4.69) is 51.6 Å². The van der Waals surface area contributed by atoms with Crippen molar-refractivity contribution in [1.82, 2.24) is 15.0 Å². The van der Waals surface area contributed by atoms with Crippen LogP contribution in [0.3, 0.4) is 0 Å². The Hall–Kier alpha value is -2.95. The van der Waals surface area contributed by atoms with Crippen LogP contribution in [0, 0.1) is 5.92 Å². The van der Waals surface area contributed by atoms with Crippen molar-refractivity contribution in [1.29, 1.82) is 0 Å². The van der Waals surface area contributed by atoms with E-state index in [1.807, 2.05) is 42.6 Å². The van der Waals surface area contributed by atoms with E-state index in [1.165, 1.54) is 0 Å². The molecule has 2 heterocycles. The van der Waals surface area contributed by atoms with E-state index < -0.39 is 0 Å². The summed E-state index contributed by atoms with van der Waals surface area (Å²) in [6.07, 6.45) is 4.71. The fourth-order valence-corrected chi connectivity index (χ4v) is 2.55. The molecule has 2 N–H and O–H groups in total. The quantitative estimate of drug-likeness (QED) is 0.623. The number of benzene rings is 1. The van der Waals surface area contributed by atoms with E-state index in [0.717, 1.165) is 35.6 Å². The molecule has 26 heavy (non-hydrogen) atoms. The van der Waals surface area contributed by atoms with E-state index in [-0.39, 0.29) is 0 Å². The van der Waals surface area contributed by atoms with Crippen LogP contribution in [-0.2, 0) is 6.54 Å². The average molecular weight is 347 g/mol. The first-order chi connectivity index (χ1) is 12.7. The van der Waals surface area contributed by atoms with Crippen molar-refractivity contribution in [3.05, 3.63) is 66.5 Å². The van der Waals surface area contributed by atoms with Crippen molar-refractivity contribution in [2.75, 3.05) is 17.2 Å². The van der Waals surface area contributed by atoms with E-state index >= 15 is 0 Å². The molecule has 2 aromatic heterocycles. The van der Waals surface area contributed by atoms with Crippen molar-refractivity contribution in [3.8, 4) is 11.3 Å². The summed E-state index contributed by atoms with van der Waals surface area (Å²) < 4.78 is 0. The van der Waals surface area contributed by atoms with Gasteiger partial charge in [-0.15, -0.1) is 0 Å². The third kappa shape index (κ3) is 5.28. The van der Waals surface area contributed by atoms with Crippen molar-refractivity contribution < 1.29 is 0 Å². The van der Waals surface area contributed by atoms with Crippen LogP contribution >= 0.6 is 0 Å². The van der Waals surface area contributed by atoms with Gasteiger partial charge in [-0.05, 0) is 24.0 Å². The van der Waals surface area contributed by atoms with E-state index in [9.17, 15) is 0 Å². The second-order valence-electron chi connectivity index (χ2n) is 6.65. The first-order valence-electron chi connectivity index (χ1n) is 9.02. The maximum absolute atomic E-state index is 4.68. The van der Waals surface area contributed by atoms with Crippen molar-refractivity contribution >= 4 is 11.8 Å². The minimum absolute atomic E-state index is 0.613. The molecule has 0 unspecified atom stereocenters. The van der Waals surface area contributed by atoms with Crippen molar-refractivity contribution in [3.63, 3.8) is 0 Å². The zero-order chi connectivity index (χ0) is 18.2. The Kier molecular flexibility index (Phi) is 6.14. The predicted molar refractivity (Wildman–Crippen MR) is 107 cm³/mol. The monoisotopic (exact) mass is 347 g/mol. The van der Waals surface area contributed by atoms with Gasteiger partial charge in [0.2, 0.25) is 5.95 Å². The Morgan fingerprint density at radius 1 is 0.962 bits per heavy atom. The van der Waals surface area contributed by atoms with Gasteiger partial charge in [0.1, 0.15) is 5.82 Å². The molecular formula is C21H25N5. The summed E-state index contributed by atoms with van der Waals surface area (Å²) in [5, 5.41) is 6.73. The molecule has 134 valence electrons. The second kappa shape index (κ2) is 8.94. The molecule has 0 aliphatic carbocycles. The number of hydrogen-bond acceptors (Lipinski definition) is 5. The van der Waals surface area contributed by atoms with E-state index in [1.54, 1.807) is 6.20 Å². The lowest BCUT2D eigenvalue weighted by Crippen LogP contribution is -2.10. The van der Waals surface area contributed by atoms with Gasteiger partial charge in [-0.25, -0.2) is 4.98 Å². The zero-order valence-corrected chi connectivity index (χ0v) is 15.3. The number of aromatic nitrogens is 3. The normalized spacial score (nSPS) is 10.7. The van der Waals surface area contributed by atoms with E-state index in [4.69, 9.17) is 0 Å². The Balaban J connectivity index is 1.80. The maximum atomic E-state index is 4.68. The lowest BCUT2D eigenvalue weighted by atomic mass is 10.1. The molecule has 5 heteroatoms. The number of hydrogen-bond donors (Lipinski definition) is 2. The summed E-state index contributed by atoms with van der Waals surface area (Å²) in [4.78, 5) is 13.4. The SMILES string of the molecule is CC(C)CCNc1cc(-c2ccccc2)nc(NCc2cccnc2)n1. The van der Waals surface area contributed by atoms with Gasteiger partial charge in [0.05, 0.1) is 5.69 Å². The maximum Gasteiger partial charge on any atom is 0.225 e. The molecular weight excluding hydrogens is 322 g/mol. The second-order valence-corrected chi connectivity index (χ2v) is 6.65. The molecule has 0 saturated carbocycles. The lowest BCUT2D eigenvalue weighted by molar-refractivity contribution is 0.606. The van der Waals surface area contributed by atoms with Crippen LogP contribution in [0.2, 0.25) is 0 Å². The van der Waals surface area contributed by atoms with Crippen molar-refractivity contribution in [2.45, 2.75) is 26.8 Å². The van der Waals surface area contributed by atoms with Crippen LogP contribution in [0.1, 0.15) is 25.8 Å². The van der Waals surface area contributed by atoms with Gasteiger partial charge in [-0.3, -0.25) is 4.98 Å².